The Hall–Kier alpha value is -3.94. The van der Waals surface area contributed by atoms with Crippen LogP contribution in [0.4, 0.5) is 11.4 Å². The van der Waals surface area contributed by atoms with E-state index < -0.39 is 0 Å². The molecule has 2 aliphatic rings. The number of benzene rings is 2. The van der Waals surface area contributed by atoms with E-state index in [1.54, 1.807) is 24.1 Å². The molecule has 1 fully saturated rings. The summed E-state index contributed by atoms with van der Waals surface area (Å²) in [7, 11) is 1.59. The Morgan fingerprint density at radius 3 is 2.18 bits per heavy atom. The highest BCUT2D eigenvalue weighted by Crippen LogP contribution is 2.34. The Morgan fingerprint density at radius 2 is 1.56 bits per heavy atom. The van der Waals surface area contributed by atoms with Gasteiger partial charge in [-0.2, -0.15) is 5.10 Å². The maximum absolute atomic E-state index is 13.7. The van der Waals surface area contributed by atoms with Crippen LogP contribution in [0.3, 0.4) is 0 Å². The van der Waals surface area contributed by atoms with Crippen molar-refractivity contribution >= 4 is 29.1 Å². The number of hydrogen-bond acceptors (Lipinski definition) is 5. The van der Waals surface area contributed by atoms with Gasteiger partial charge in [-0.25, -0.2) is 4.68 Å². The number of fused-ring (bicyclic) bond motifs is 1. The summed E-state index contributed by atoms with van der Waals surface area (Å²) in [5.74, 6) is 0.413. The maximum Gasteiger partial charge on any atom is 0.262 e. The van der Waals surface area contributed by atoms with E-state index in [0.29, 0.717) is 42.1 Å². The van der Waals surface area contributed by atoms with E-state index in [9.17, 15) is 14.4 Å². The summed E-state index contributed by atoms with van der Waals surface area (Å²) < 4.78 is 6.58. The highest BCUT2D eigenvalue weighted by Gasteiger charge is 2.34. The number of carbonyl (C=O) groups is 3. The van der Waals surface area contributed by atoms with Crippen LogP contribution in [-0.2, 0) is 11.2 Å². The lowest BCUT2D eigenvalue weighted by molar-refractivity contribution is -0.119. The predicted molar refractivity (Wildman–Crippen MR) is 129 cm³/mol. The molecule has 34 heavy (non-hydrogen) atoms. The van der Waals surface area contributed by atoms with Crippen molar-refractivity contribution < 1.29 is 19.1 Å². The van der Waals surface area contributed by atoms with Gasteiger partial charge < -0.3 is 14.5 Å². The fourth-order valence-electron chi connectivity index (χ4n) is 4.71. The van der Waals surface area contributed by atoms with Gasteiger partial charge in [-0.15, -0.1) is 0 Å². The first-order valence-electron chi connectivity index (χ1n) is 11.5. The van der Waals surface area contributed by atoms with Crippen molar-refractivity contribution in [3.63, 3.8) is 0 Å². The fraction of sp³-hybridized carbons (Fsp3) is 0.308. The zero-order chi connectivity index (χ0) is 23.8. The zero-order valence-corrected chi connectivity index (χ0v) is 19.3. The summed E-state index contributed by atoms with van der Waals surface area (Å²) >= 11 is 0. The summed E-state index contributed by atoms with van der Waals surface area (Å²) in [5.41, 5.74) is 3.91. The number of hydrogen-bond donors (Lipinski definition) is 0. The van der Waals surface area contributed by atoms with Gasteiger partial charge in [0.25, 0.3) is 5.91 Å². The number of rotatable bonds is 4. The molecule has 3 aromatic rings. The molecule has 2 aromatic carbocycles. The Kier molecular flexibility index (Phi) is 5.65. The average molecular weight is 459 g/mol. The molecule has 0 saturated carbocycles. The SMILES string of the molecule is COc1ccc(-c2nn(C(C)=O)c3c2C(=O)N(c2ccc(N4CCCCC4=O)cc2)CC3)cc1. The normalized spacial score (nSPS) is 15.9. The van der Waals surface area contributed by atoms with Crippen molar-refractivity contribution in [3.05, 3.63) is 59.8 Å². The van der Waals surface area contributed by atoms with E-state index in [0.717, 1.165) is 36.3 Å². The molecule has 1 saturated heterocycles. The van der Waals surface area contributed by atoms with E-state index in [1.165, 1.54) is 11.6 Å². The Morgan fingerprint density at radius 1 is 0.882 bits per heavy atom. The molecule has 2 amide bonds. The largest absolute Gasteiger partial charge is 0.497 e. The first-order chi connectivity index (χ1) is 16.5. The second kappa shape index (κ2) is 8.78. The molecule has 8 heteroatoms. The molecule has 3 heterocycles. The second-order valence-electron chi connectivity index (χ2n) is 8.56. The van der Waals surface area contributed by atoms with Crippen LogP contribution in [-0.4, -0.2) is 47.7 Å². The first kappa shape index (κ1) is 21.9. The number of aromatic nitrogens is 2. The predicted octanol–water partition coefficient (Wildman–Crippen LogP) is 3.94. The Bertz CT molecular complexity index is 1260. The Labute approximate surface area is 197 Å². The van der Waals surface area contributed by atoms with Gasteiger partial charge in [-0.05, 0) is 61.4 Å². The van der Waals surface area contributed by atoms with E-state index >= 15 is 0 Å². The van der Waals surface area contributed by atoms with Gasteiger partial charge in [0.05, 0.1) is 18.4 Å². The molecule has 0 N–H and O–H groups in total. The summed E-state index contributed by atoms with van der Waals surface area (Å²) in [4.78, 5) is 41.7. The number of nitrogens with zero attached hydrogens (tertiary/aromatic N) is 4. The van der Waals surface area contributed by atoms with Crippen LogP contribution in [0.1, 0.15) is 47.0 Å². The van der Waals surface area contributed by atoms with Crippen LogP contribution < -0.4 is 14.5 Å². The maximum atomic E-state index is 13.7. The minimum atomic E-state index is -0.229. The lowest BCUT2D eigenvalue weighted by Gasteiger charge is -2.29. The van der Waals surface area contributed by atoms with E-state index in [1.807, 2.05) is 41.3 Å². The summed E-state index contributed by atoms with van der Waals surface area (Å²) in [6.07, 6.45) is 3.01. The second-order valence-corrected chi connectivity index (χ2v) is 8.56. The van der Waals surface area contributed by atoms with E-state index in [4.69, 9.17) is 4.74 Å². The summed E-state index contributed by atoms with van der Waals surface area (Å²) in [6.45, 7) is 2.61. The molecule has 2 aliphatic heterocycles. The monoisotopic (exact) mass is 458 g/mol. The number of amides is 2. The molecular weight excluding hydrogens is 432 g/mol. The van der Waals surface area contributed by atoms with Gasteiger partial charge in [0, 0.05) is 49.8 Å². The third-order valence-electron chi connectivity index (χ3n) is 6.47. The fourth-order valence-corrected chi connectivity index (χ4v) is 4.71. The number of ether oxygens (including phenoxy) is 1. The highest BCUT2D eigenvalue weighted by atomic mass is 16.5. The topological polar surface area (TPSA) is 84.7 Å². The molecule has 5 rings (SSSR count). The van der Waals surface area contributed by atoms with Gasteiger partial charge in [0.2, 0.25) is 11.8 Å². The van der Waals surface area contributed by atoms with Crippen LogP contribution in [0, 0.1) is 0 Å². The van der Waals surface area contributed by atoms with Gasteiger partial charge in [-0.1, -0.05) is 0 Å². The van der Waals surface area contributed by atoms with E-state index in [2.05, 4.69) is 5.10 Å². The molecule has 1 aromatic heterocycles. The third-order valence-corrected chi connectivity index (χ3v) is 6.47. The quantitative estimate of drug-likeness (QED) is 0.591. The van der Waals surface area contributed by atoms with Crippen LogP contribution in [0.2, 0.25) is 0 Å². The minimum Gasteiger partial charge on any atom is -0.497 e. The van der Waals surface area contributed by atoms with Crippen molar-refractivity contribution in [1.29, 1.82) is 0 Å². The molecule has 8 nitrogen and oxygen atoms in total. The standard InChI is InChI=1S/C26H26N4O4/c1-17(31)30-22-14-16-29(20-10-8-19(9-11-20)28-15-4-3-5-23(28)32)26(33)24(22)25(27-30)18-6-12-21(34-2)13-7-18/h6-13H,3-5,14-16H2,1-2H3. The van der Waals surface area contributed by atoms with Crippen LogP contribution >= 0.6 is 0 Å². The smallest absolute Gasteiger partial charge is 0.262 e. The molecule has 0 atom stereocenters. The lowest BCUT2D eigenvalue weighted by Crippen LogP contribution is -2.38. The zero-order valence-electron chi connectivity index (χ0n) is 19.3. The van der Waals surface area contributed by atoms with Crippen molar-refractivity contribution in [1.82, 2.24) is 9.78 Å². The molecule has 0 bridgehead atoms. The number of carbonyl (C=O) groups excluding carboxylic acids is 3. The van der Waals surface area contributed by atoms with Gasteiger partial charge >= 0.3 is 0 Å². The number of piperidine rings is 1. The molecular formula is C26H26N4O4. The molecule has 0 unspecified atom stereocenters. The van der Waals surface area contributed by atoms with Gasteiger partial charge in [0.1, 0.15) is 11.4 Å². The van der Waals surface area contributed by atoms with Crippen LogP contribution in [0.15, 0.2) is 48.5 Å². The number of methoxy groups -OCH3 is 1. The molecule has 0 aliphatic carbocycles. The van der Waals surface area contributed by atoms with E-state index in [-0.39, 0.29) is 17.7 Å². The molecule has 0 spiro atoms. The Balaban J connectivity index is 1.49. The first-order valence-corrected chi connectivity index (χ1v) is 11.5. The van der Waals surface area contributed by atoms with Crippen molar-refractivity contribution in [3.8, 4) is 17.0 Å². The van der Waals surface area contributed by atoms with Gasteiger partial charge in [0.15, 0.2) is 0 Å². The summed E-state index contributed by atoms with van der Waals surface area (Å²) in [5, 5.41) is 4.51. The highest BCUT2D eigenvalue weighted by molar-refractivity contribution is 6.12. The number of anilines is 2. The van der Waals surface area contributed by atoms with Crippen molar-refractivity contribution in [2.45, 2.75) is 32.6 Å². The lowest BCUT2D eigenvalue weighted by atomic mass is 9.99. The van der Waals surface area contributed by atoms with Gasteiger partial charge in [-0.3, -0.25) is 14.4 Å². The van der Waals surface area contributed by atoms with Crippen molar-refractivity contribution in [2.24, 2.45) is 0 Å². The van der Waals surface area contributed by atoms with Crippen LogP contribution in [0.25, 0.3) is 11.3 Å². The minimum absolute atomic E-state index is 0.137. The van der Waals surface area contributed by atoms with Crippen LogP contribution in [0.5, 0.6) is 5.75 Å². The third kappa shape index (κ3) is 3.75. The molecule has 174 valence electrons. The average Bonchev–Trinajstić information content (AvgIpc) is 3.26. The van der Waals surface area contributed by atoms with Crippen molar-refractivity contribution in [2.75, 3.05) is 30.0 Å². The summed E-state index contributed by atoms with van der Waals surface area (Å²) in [6, 6.07) is 14.8. The molecule has 0 radical (unpaired) electrons.